The van der Waals surface area contributed by atoms with Gasteiger partial charge in [0.15, 0.2) is 12.1 Å². The Kier molecular flexibility index (Phi) is 4.58. The average molecular weight is 378 g/mol. The number of nitrogens with zero attached hydrogens (tertiary/aromatic N) is 4. The van der Waals surface area contributed by atoms with Gasteiger partial charge in [0.2, 0.25) is 0 Å². The summed E-state index contributed by atoms with van der Waals surface area (Å²) in [6.45, 7) is 6.94. The zero-order chi connectivity index (χ0) is 19.8. The first-order valence-corrected chi connectivity index (χ1v) is 9.34. The van der Waals surface area contributed by atoms with Crippen LogP contribution in [0.2, 0.25) is 0 Å². The number of fused-ring (bicyclic) bond motifs is 1. The molecule has 2 aliphatic heterocycles. The molecular formula is C21H22N4O3. The molecule has 0 saturated carbocycles. The Hall–Kier alpha value is -3.22. The van der Waals surface area contributed by atoms with Crippen molar-refractivity contribution in [1.29, 1.82) is 0 Å². The van der Waals surface area contributed by atoms with Gasteiger partial charge in [-0.15, -0.1) is 0 Å². The molecule has 7 heteroatoms. The second-order valence-corrected chi connectivity index (χ2v) is 7.06. The van der Waals surface area contributed by atoms with Gasteiger partial charge in [0, 0.05) is 0 Å². The van der Waals surface area contributed by atoms with E-state index in [4.69, 9.17) is 4.74 Å². The molecule has 2 amide bonds. The molecule has 1 saturated heterocycles. The second-order valence-electron chi connectivity index (χ2n) is 7.06. The van der Waals surface area contributed by atoms with Crippen LogP contribution in [0, 0.1) is 13.8 Å². The fourth-order valence-electron chi connectivity index (χ4n) is 3.61. The van der Waals surface area contributed by atoms with Crippen LogP contribution in [0.15, 0.2) is 52.8 Å². The third-order valence-electron chi connectivity index (χ3n) is 5.10. The lowest BCUT2D eigenvalue weighted by Gasteiger charge is -2.21. The SMILES string of the molecule is CCOc1ccc(N2C(=O)[C@H]3N=NN(Cc4cc(C)ccc4C)[C@@H]3C2=O)cc1. The van der Waals surface area contributed by atoms with Crippen molar-refractivity contribution in [2.45, 2.75) is 39.4 Å². The number of carbonyl (C=O) groups is 2. The Morgan fingerprint density at radius 1 is 1.04 bits per heavy atom. The van der Waals surface area contributed by atoms with E-state index in [2.05, 4.69) is 16.4 Å². The molecule has 0 unspecified atom stereocenters. The summed E-state index contributed by atoms with van der Waals surface area (Å²) in [6, 6.07) is 11.6. The zero-order valence-corrected chi connectivity index (χ0v) is 16.1. The quantitative estimate of drug-likeness (QED) is 0.749. The minimum Gasteiger partial charge on any atom is -0.494 e. The summed E-state index contributed by atoms with van der Waals surface area (Å²) in [5.74, 6) is 0.0580. The maximum atomic E-state index is 13.1. The van der Waals surface area contributed by atoms with Crippen molar-refractivity contribution >= 4 is 17.5 Å². The van der Waals surface area contributed by atoms with Gasteiger partial charge in [0.25, 0.3) is 11.8 Å². The number of aryl methyl sites for hydroxylation is 2. The second kappa shape index (κ2) is 7.07. The molecule has 7 nitrogen and oxygen atoms in total. The van der Waals surface area contributed by atoms with Gasteiger partial charge in [-0.25, -0.2) is 4.90 Å². The highest BCUT2D eigenvalue weighted by atomic mass is 16.5. The number of ether oxygens (including phenoxy) is 1. The molecule has 2 aromatic carbocycles. The number of hydrogen-bond donors (Lipinski definition) is 0. The summed E-state index contributed by atoms with van der Waals surface area (Å²) in [5, 5.41) is 9.85. The van der Waals surface area contributed by atoms with Gasteiger partial charge in [0.1, 0.15) is 5.75 Å². The van der Waals surface area contributed by atoms with E-state index in [1.165, 1.54) is 4.90 Å². The first-order valence-electron chi connectivity index (χ1n) is 9.34. The molecule has 0 N–H and O–H groups in total. The summed E-state index contributed by atoms with van der Waals surface area (Å²) in [5.41, 5.74) is 3.84. The van der Waals surface area contributed by atoms with Crippen molar-refractivity contribution in [2.75, 3.05) is 11.5 Å². The van der Waals surface area contributed by atoms with Crippen molar-refractivity contribution in [3.05, 3.63) is 59.2 Å². The van der Waals surface area contributed by atoms with Crippen molar-refractivity contribution in [3.8, 4) is 5.75 Å². The maximum absolute atomic E-state index is 13.1. The topological polar surface area (TPSA) is 74.6 Å². The molecule has 0 radical (unpaired) electrons. The van der Waals surface area contributed by atoms with E-state index in [1.54, 1.807) is 29.3 Å². The van der Waals surface area contributed by atoms with Gasteiger partial charge >= 0.3 is 0 Å². The number of rotatable bonds is 5. The number of benzene rings is 2. The normalized spacial score (nSPS) is 20.8. The van der Waals surface area contributed by atoms with E-state index < -0.39 is 12.1 Å². The summed E-state index contributed by atoms with van der Waals surface area (Å²) in [7, 11) is 0. The Labute approximate surface area is 163 Å². The third-order valence-corrected chi connectivity index (χ3v) is 5.10. The highest BCUT2D eigenvalue weighted by molar-refractivity contribution is 6.25. The lowest BCUT2D eigenvalue weighted by Crippen LogP contribution is -2.39. The van der Waals surface area contributed by atoms with Crippen molar-refractivity contribution in [3.63, 3.8) is 0 Å². The first kappa shape index (κ1) is 18.2. The van der Waals surface area contributed by atoms with Gasteiger partial charge in [-0.3, -0.25) is 14.6 Å². The minimum absolute atomic E-state index is 0.297. The number of anilines is 1. The van der Waals surface area contributed by atoms with Crippen LogP contribution in [-0.4, -0.2) is 35.5 Å². The fraction of sp³-hybridized carbons (Fsp3) is 0.333. The molecule has 28 heavy (non-hydrogen) atoms. The zero-order valence-electron chi connectivity index (χ0n) is 16.1. The van der Waals surface area contributed by atoms with Crippen LogP contribution in [0.25, 0.3) is 0 Å². The van der Waals surface area contributed by atoms with E-state index in [-0.39, 0.29) is 11.8 Å². The first-order chi connectivity index (χ1) is 13.5. The van der Waals surface area contributed by atoms with Crippen LogP contribution < -0.4 is 9.64 Å². The van der Waals surface area contributed by atoms with Gasteiger partial charge in [0.05, 0.1) is 18.8 Å². The third kappa shape index (κ3) is 3.02. The summed E-state index contributed by atoms with van der Waals surface area (Å²) in [6.07, 6.45) is 0. The Bertz CT molecular complexity index is 955. The molecule has 0 aromatic heterocycles. The predicted octanol–water partition coefficient (Wildman–Crippen LogP) is 3.20. The molecule has 144 valence electrons. The van der Waals surface area contributed by atoms with E-state index in [1.807, 2.05) is 32.9 Å². The molecule has 2 heterocycles. The predicted molar refractivity (Wildman–Crippen MR) is 104 cm³/mol. The Morgan fingerprint density at radius 2 is 1.79 bits per heavy atom. The molecule has 1 fully saturated rings. The number of imide groups is 1. The minimum atomic E-state index is -0.788. The monoisotopic (exact) mass is 378 g/mol. The molecular weight excluding hydrogens is 356 g/mol. The van der Waals surface area contributed by atoms with Gasteiger partial charge < -0.3 is 4.74 Å². The Morgan fingerprint density at radius 3 is 2.50 bits per heavy atom. The standard InChI is InChI=1S/C21H22N4O3/c1-4-28-17-9-7-16(8-10-17)25-20(26)18-19(21(25)27)24(23-22-18)12-15-11-13(2)5-6-14(15)3/h5-11,18-19H,4,12H2,1-3H3/t18-,19-/m0/s1. The largest absolute Gasteiger partial charge is 0.494 e. The molecule has 0 spiro atoms. The van der Waals surface area contributed by atoms with Crippen LogP contribution in [0.5, 0.6) is 5.75 Å². The van der Waals surface area contributed by atoms with E-state index in [9.17, 15) is 9.59 Å². The number of hydrogen-bond acceptors (Lipinski definition) is 6. The van der Waals surface area contributed by atoms with Crippen LogP contribution in [-0.2, 0) is 16.1 Å². The fourth-order valence-corrected chi connectivity index (χ4v) is 3.61. The average Bonchev–Trinajstić information content (AvgIpc) is 3.20. The Balaban J connectivity index is 1.57. The summed E-state index contributed by atoms with van der Waals surface area (Å²) >= 11 is 0. The van der Waals surface area contributed by atoms with Gasteiger partial charge in [-0.2, -0.15) is 5.11 Å². The van der Waals surface area contributed by atoms with Gasteiger partial charge in [-0.05, 0) is 56.2 Å². The van der Waals surface area contributed by atoms with Crippen LogP contribution >= 0.6 is 0 Å². The van der Waals surface area contributed by atoms with Crippen LogP contribution in [0.1, 0.15) is 23.6 Å². The van der Waals surface area contributed by atoms with E-state index in [0.29, 0.717) is 24.6 Å². The van der Waals surface area contributed by atoms with Crippen LogP contribution in [0.3, 0.4) is 0 Å². The molecule has 2 atom stereocenters. The van der Waals surface area contributed by atoms with E-state index >= 15 is 0 Å². The highest BCUT2D eigenvalue weighted by Crippen LogP contribution is 2.33. The number of carbonyl (C=O) groups excluding carboxylic acids is 2. The smallest absolute Gasteiger partial charge is 0.263 e. The van der Waals surface area contributed by atoms with Crippen LogP contribution in [0.4, 0.5) is 5.69 Å². The number of amides is 2. The van der Waals surface area contributed by atoms with E-state index in [0.717, 1.165) is 16.7 Å². The van der Waals surface area contributed by atoms with Crippen molar-refractivity contribution in [2.24, 2.45) is 10.3 Å². The van der Waals surface area contributed by atoms with Crippen molar-refractivity contribution < 1.29 is 14.3 Å². The molecule has 2 aromatic rings. The highest BCUT2D eigenvalue weighted by Gasteiger charge is 2.54. The summed E-state index contributed by atoms with van der Waals surface area (Å²) in [4.78, 5) is 27.1. The van der Waals surface area contributed by atoms with Gasteiger partial charge in [-0.1, -0.05) is 29.0 Å². The molecule has 0 bridgehead atoms. The maximum Gasteiger partial charge on any atom is 0.263 e. The lowest BCUT2D eigenvalue weighted by atomic mass is 10.0. The van der Waals surface area contributed by atoms with Crippen molar-refractivity contribution in [1.82, 2.24) is 5.01 Å². The summed E-state index contributed by atoms with van der Waals surface area (Å²) < 4.78 is 5.43. The molecule has 0 aliphatic carbocycles. The molecule has 2 aliphatic rings. The molecule has 4 rings (SSSR count). The lowest BCUT2D eigenvalue weighted by molar-refractivity contribution is -0.123.